The highest BCUT2D eigenvalue weighted by molar-refractivity contribution is 6.32. The van der Waals surface area contributed by atoms with Gasteiger partial charge < -0.3 is 15.3 Å². The predicted octanol–water partition coefficient (Wildman–Crippen LogP) is 2.26. The van der Waals surface area contributed by atoms with Gasteiger partial charge in [0.15, 0.2) is 0 Å². The monoisotopic (exact) mass is 282 g/mol. The van der Waals surface area contributed by atoms with E-state index in [2.05, 4.69) is 12.2 Å². The van der Waals surface area contributed by atoms with E-state index in [0.29, 0.717) is 5.56 Å². The molecule has 1 aliphatic rings. The fourth-order valence-corrected chi connectivity index (χ4v) is 2.46. The summed E-state index contributed by atoms with van der Waals surface area (Å²) < 4.78 is 0. The fourth-order valence-electron chi connectivity index (χ4n) is 2.28. The number of halogens is 1. The number of amides is 1. The molecule has 0 saturated carbocycles. The second kappa shape index (κ2) is 5.39. The number of hydrogen-bond donors (Lipinski definition) is 2. The molecule has 104 valence electrons. The summed E-state index contributed by atoms with van der Waals surface area (Å²) in [6, 6.07) is 4.58. The number of carbonyl (C=O) groups excluding carboxylic acids is 1. The van der Waals surface area contributed by atoms with Gasteiger partial charge in [0.1, 0.15) is 5.75 Å². The smallest absolute Gasteiger partial charge is 0.253 e. The summed E-state index contributed by atoms with van der Waals surface area (Å²) in [7, 11) is 1.96. The highest BCUT2D eigenvalue weighted by atomic mass is 35.5. The van der Waals surface area contributed by atoms with Gasteiger partial charge >= 0.3 is 0 Å². The van der Waals surface area contributed by atoms with Crippen molar-refractivity contribution in [2.45, 2.75) is 25.3 Å². The van der Waals surface area contributed by atoms with E-state index in [0.717, 1.165) is 25.9 Å². The molecule has 1 aromatic carbocycles. The average Bonchev–Trinajstić information content (AvgIpc) is 2.42. The number of benzene rings is 1. The summed E-state index contributed by atoms with van der Waals surface area (Å²) >= 11 is 5.83. The Morgan fingerprint density at radius 3 is 2.58 bits per heavy atom. The zero-order valence-corrected chi connectivity index (χ0v) is 12.0. The van der Waals surface area contributed by atoms with Gasteiger partial charge in [0.2, 0.25) is 0 Å². The predicted molar refractivity (Wildman–Crippen MR) is 75.7 cm³/mol. The topological polar surface area (TPSA) is 52.6 Å². The normalized spacial score (nSPS) is 18.4. The molecular weight excluding hydrogens is 264 g/mol. The highest BCUT2D eigenvalue weighted by Gasteiger charge is 2.30. The number of likely N-dealkylation sites (tertiary alicyclic amines) is 1. The summed E-state index contributed by atoms with van der Waals surface area (Å²) in [5, 5.41) is 12.9. The highest BCUT2D eigenvalue weighted by Crippen LogP contribution is 2.26. The Labute approximate surface area is 118 Å². The van der Waals surface area contributed by atoms with E-state index < -0.39 is 0 Å². The van der Waals surface area contributed by atoms with Gasteiger partial charge in [-0.05, 0) is 45.0 Å². The first-order valence-electron chi connectivity index (χ1n) is 6.42. The Morgan fingerprint density at radius 2 is 2.05 bits per heavy atom. The van der Waals surface area contributed by atoms with Gasteiger partial charge in [-0.15, -0.1) is 0 Å². The molecule has 0 unspecified atom stereocenters. The maximum atomic E-state index is 12.3. The number of piperidine rings is 1. The molecule has 0 aliphatic carbocycles. The second-order valence-electron chi connectivity index (χ2n) is 5.27. The number of phenols is 1. The van der Waals surface area contributed by atoms with Gasteiger partial charge in [0.05, 0.1) is 5.02 Å². The molecule has 0 bridgehead atoms. The Hall–Kier alpha value is -1.26. The molecule has 1 aromatic rings. The van der Waals surface area contributed by atoms with Gasteiger partial charge in [-0.1, -0.05) is 11.6 Å². The van der Waals surface area contributed by atoms with Crippen molar-refractivity contribution in [3.05, 3.63) is 28.8 Å². The summed E-state index contributed by atoms with van der Waals surface area (Å²) in [6.07, 6.45) is 1.86. The van der Waals surface area contributed by atoms with E-state index in [-0.39, 0.29) is 22.2 Å². The number of aromatic hydroxyl groups is 1. The van der Waals surface area contributed by atoms with Crippen molar-refractivity contribution >= 4 is 17.5 Å². The van der Waals surface area contributed by atoms with E-state index in [9.17, 15) is 9.90 Å². The van der Waals surface area contributed by atoms with E-state index in [1.165, 1.54) is 12.1 Å². The molecule has 0 aromatic heterocycles. The molecule has 1 fully saturated rings. The molecule has 0 atom stereocenters. The van der Waals surface area contributed by atoms with Gasteiger partial charge in [-0.3, -0.25) is 4.79 Å². The summed E-state index contributed by atoms with van der Waals surface area (Å²) in [4.78, 5) is 14.2. The largest absolute Gasteiger partial charge is 0.506 e. The lowest BCUT2D eigenvalue weighted by atomic mass is 9.89. The van der Waals surface area contributed by atoms with E-state index in [1.807, 2.05) is 11.9 Å². The van der Waals surface area contributed by atoms with Crippen molar-refractivity contribution in [1.29, 1.82) is 0 Å². The molecule has 4 nitrogen and oxygen atoms in total. The van der Waals surface area contributed by atoms with Crippen LogP contribution in [-0.2, 0) is 0 Å². The summed E-state index contributed by atoms with van der Waals surface area (Å²) in [5.41, 5.74) is 0.638. The third kappa shape index (κ3) is 3.01. The Kier molecular flexibility index (Phi) is 4.02. The van der Waals surface area contributed by atoms with Crippen molar-refractivity contribution in [1.82, 2.24) is 10.2 Å². The minimum absolute atomic E-state index is 0.000353. The van der Waals surface area contributed by atoms with Gasteiger partial charge in [0.25, 0.3) is 5.91 Å². The summed E-state index contributed by atoms with van der Waals surface area (Å²) in [5.74, 6) is -0.0281. The van der Waals surface area contributed by atoms with Crippen molar-refractivity contribution in [2.24, 2.45) is 0 Å². The molecule has 1 saturated heterocycles. The van der Waals surface area contributed by atoms with E-state index >= 15 is 0 Å². The lowest BCUT2D eigenvalue weighted by Crippen LogP contribution is -2.51. The first kappa shape index (κ1) is 14.2. The van der Waals surface area contributed by atoms with Crippen molar-refractivity contribution in [3.8, 4) is 5.75 Å². The molecule has 0 radical (unpaired) electrons. The van der Waals surface area contributed by atoms with Crippen LogP contribution in [0.1, 0.15) is 30.1 Å². The van der Waals surface area contributed by atoms with Crippen LogP contribution >= 0.6 is 11.6 Å². The van der Waals surface area contributed by atoms with Crippen molar-refractivity contribution in [2.75, 3.05) is 20.1 Å². The Morgan fingerprint density at radius 1 is 1.42 bits per heavy atom. The van der Waals surface area contributed by atoms with Crippen LogP contribution < -0.4 is 5.32 Å². The average molecular weight is 283 g/mol. The van der Waals surface area contributed by atoms with Gasteiger partial charge in [-0.25, -0.2) is 0 Å². The number of rotatable bonds is 2. The zero-order chi connectivity index (χ0) is 14.0. The summed E-state index contributed by atoms with van der Waals surface area (Å²) in [6.45, 7) is 3.63. The van der Waals surface area contributed by atoms with E-state index in [1.54, 1.807) is 6.07 Å². The van der Waals surface area contributed by atoms with Crippen molar-refractivity contribution < 1.29 is 9.90 Å². The van der Waals surface area contributed by atoms with Crippen LogP contribution in [0.4, 0.5) is 0 Å². The van der Waals surface area contributed by atoms with Crippen molar-refractivity contribution in [3.63, 3.8) is 0 Å². The molecule has 1 aliphatic heterocycles. The minimum atomic E-state index is -0.0277. The number of nitrogens with zero attached hydrogens (tertiary/aromatic N) is 1. The van der Waals surface area contributed by atoms with Crippen LogP contribution in [0.5, 0.6) is 5.75 Å². The lowest BCUT2D eigenvalue weighted by Gasteiger charge is -2.39. The molecule has 2 N–H and O–H groups in total. The first-order valence-corrected chi connectivity index (χ1v) is 6.80. The van der Waals surface area contributed by atoms with Crippen LogP contribution in [0.25, 0.3) is 0 Å². The van der Waals surface area contributed by atoms with E-state index in [4.69, 9.17) is 11.6 Å². The van der Waals surface area contributed by atoms with Crippen LogP contribution in [0, 0.1) is 0 Å². The van der Waals surface area contributed by atoms with Gasteiger partial charge in [0, 0.05) is 24.2 Å². The Balaban J connectivity index is 2.07. The molecular formula is C14H19ClN2O2. The SMILES string of the molecule is CNC1(C)CCN(C(=O)c2ccc(O)c(Cl)c2)CC1. The first-order chi connectivity index (χ1) is 8.95. The van der Waals surface area contributed by atoms with Gasteiger partial charge in [-0.2, -0.15) is 0 Å². The van der Waals surface area contributed by atoms with Crippen LogP contribution in [-0.4, -0.2) is 41.6 Å². The van der Waals surface area contributed by atoms with Crippen LogP contribution in [0.15, 0.2) is 18.2 Å². The quantitative estimate of drug-likeness (QED) is 0.875. The molecule has 5 heteroatoms. The van der Waals surface area contributed by atoms with Crippen LogP contribution in [0.2, 0.25) is 5.02 Å². The number of carbonyl (C=O) groups is 1. The lowest BCUT2D eigenvalue weighted by molar-refractivity contribution is 0.0662. The zero-order valence-electron chi connectivity index (χ0n) is 11.2. The molecule has 1 heterocycles. The maximum absolute atomic E-state index is 12.3. The third-order valence-electron chi connectivity index (χ3n) is 3.95. The maximum Gasteiger partial charge on any atom is 0.253 e. The third-order valence-corrected chi connectivity index (χ3v) is 4.26. The van der Waals surface area contributed by atoms with Crippen LogP contribution in [0.3, 0.4) is 0 Å². The number of phenolic OH excluding ortho intramolecular Hbond substituents is 1. The molecule has 0 spiro atoms. The molecule has 2 rings (SSSR count). The second-order valence-corrected chi connectivity index (χ2v) is 5.68. The number of hydrogen-bond acceptors (Lipinski definition) is 3. The molecule has 1 amide bonds. The standard InChI is InChI=1S/C14H19ClN2O2/c1-14(16-2)5-7-17(8-6-14)13(19)10-3-4-12(18)11(15)9-10/h3-4,9,16,18H,5-8H2,1-2H3. The molecule has 19 heavy (non-hydrogen) atoms. The fraction of sp³-hybridized carbons (Fsp3) is 0.500. The number of nitrogens with one attached hydrogen (secondary N) is 1. The Bertz CT molecular complexity index is 482. The minimum Gasteiger partial charge on any atom is -0.506 e.